The number of benzene rings is 1. The SMILES string of the molecule is CC(C)(C)Oc1ncncc1CN1CCC(COc2ccccc2F)CC1. The van der Waals surface area contributed by atoms with Gasteiger partial charge >= 0.3 is 0 Å². The van der Waals surface area contributed by atoms with E-state index in [1.807, 2.05) is 27.0 Å². The van der Waals surface area contributed by atoms with E-state index in [1.54, 1.807) is 18.2 Å². The number of aromatic nitrogens is 2. The number of hydrogen-bond acceptors (Lipinski definition) is 5. The number of halogens is 1. The Kier molecular flexibility index (Phi) is 6.26. The maximum Gasteiger partial charge on any atom is 0.221 e. The van der Waals surface area contributed by atoms with E-state index < -0.39 is 0 Å². The summed E-state index contributed by atoms with van der Waals surface area (Å²) in [5, 5.41) is 0. The van der Waals surface area contributed by atoms with Gasteiger partial charge in [0.25, 0.3) is 0 Å². The third-order valence-corrected chi connectivity index (χ3v) is 4.56. The Balaban J connectivity index is 1.49. The molecule has 1 saturated heterocycles. The second-order valence-electron chi connectivity index (χ2n) is 8.03. The summed E-state index contributed by atoms with van der Waals surface area (Å²) >= 11 is 0. The lowest BCUT2D eigenvalue weighted by molar-refractivity contribution is 0.113. The van der Waals surface area contributed by atoms with Crippen LogP contribution >= 0.6 is 0 Å². The first-order valence-corrected chi connectivity index (χ1v) is 9.48. The Hall–Kier alpha value is -2.21. The fraction of sp³-hybridized carbons (Fsp3) is 0.524. The van der Waals surface area contributed by atoms with Crippen molar-refractivity contribution in [3.8, 4) is 11.6 Å². The van der Waals surface area contributed by atoms with Gasteiger partial charge in [-0.15, -0.1) is 0 Å². The second-order valence-corrected chi connectivity index (χ2v) is 8.03. The first-order valence-electron chi connectivity index (χ1n) is 9.48. The zero-order chi connectivity index (χ0) is 19.3. The molecule has 3 rings (SSSR count). The van der Waals surface area contributed by atoms with Gasteiger partial charge in [0, 0.05) is 18.3 Å². The molecule has 146 valence electrons. The van der Waals surface area contributed by atoms with Gasteiger partial charge in [-0.25, -0.2) is 14.4 Å². The molecular weight excluding hydrogens is 345 g/mol. The van der Waals surface area contributed by atoms with Crippen LogP contribution in [-0.4, -0.2) is 40.2 Å². The van der Waals surface area contributed by atoms with Crippen molar-refractivity contribution in [3.63, 3.8) is 0 Å². The van der Waals surface area contributed by atoms with Crippen LogP contribution in [0.15, 0.2) is 36.8 Å². The Morgan fingerprint density at radius 1 is 1.19 bits per heavy atom. The van der Waals surface area contributed by atoms with Crippen molar-refractivity contribution in [2.75, 3.05) is 19.7 Å². The van der Waals surface area contributed by atoms with E-state index in [2.05, 4.69) is 14.9 Å². The first kappa shape index (κ1) is 19.5. The van der Waals surface area contributed by atoms with Crippen molar-refractivity contribution in [1.29, 1.82) is 0 Å². The lowest BCUT2D eigenvalue weighted by Gasteiger charge is -2.32. The molecule has 0 amide bonds. The molecule has 27 heavy (non-hydrogen) atoms. The topological polar surface area (TPSA) is 47.5 Å². The number of nitrogens with zero attached hydrogens (tertiary/aromatic N) is 3. The fourth-order valence-electron chi connectivity index (χ4n) is 3.16. The summed E-state index contributed by atoms with van der Waals surface area (Å²) in [7, 11) is 0. The molecule has 0 saturated carbocycles. The molecule has 1 aromatic heterocycles. The molecule has 2 heterocycles. The summed E-state index contributed by atoms with van der Waals surface area (Å²) in [4.78, 5) is 10.8. The minimum absolute atomic E-state index is 0.292. The Morgan fingerprint density at radius 3 is 2.63 bits per heavy atom. The minimum Gasteiger partial charge on any atom is -0.490 e. The molecule has 0 N–H and O–H groups in total. The molecule has 1 aliphatic heterocycles. The van der Waals surface area contributed by atoms with Crippen LogP contribution in [0.25, 0.3) is 0 Å². The van der Waals surface area contributed by atoms with E-state index in [4.69, 9.17) is 9.47 Å². The van der Waals surface area contributed by atoms with Gasteiger partial charge in [-0.05, 0) is 64.8 Å². The smallest absolute Gasteiger partial charge is 0.221 e. The van der Waals surface area contributed by atoms with E-state index >= 15 is 0 Å². The quantitative estimate of drug-likeness (QED) is 0.763. The monoisotopic (exact) mass is 373 g/mol. The van der Waals surface area contributed by atoms with Crippen molar-refractivity contribution in [2.24, 2.45) is 5.92 Å². The van der Waals surface area contributed by atoms with E-state index in [0.29, 0.717) is 24.2 Å². The zero-order valence-electron chi connectivity index (χ0n) is 16.3. The molecule has 0 aliphatic carbocycles. The molecule has 0 spiro atoms. The molecule has 1 aliphatic rings. The number of hydrogen-bond donors (Lipinski definition) is 0. The number of piperidine rings is 1. The van der Waals surface area contributed by atoms with Crippen molar-refractivity contribution in [3.05, 3.63) is 48.2 Å². The molecule has 1 fully saturated rings. The summed E-state index contributed by atoms with van der Waals surface area (Å²) in [6.45, 7) is 9.30. The molecule has 5 nitrogen and oxygen atoms in total. The van der Waals surface area contributed by atoms with Crippen LogP contribution in [0.2, 0.25) is 0 Å². The number of rotatable bonds is 6. The van der Waals surface area contributed by atoms with Crippen LogP contribution in [0.1, 0.15) is 39.2 Å². The van der Waals surface area contributed by atoms with E-state index in [-0.39, 0.29) is 11.4 Å². The van der Waals surface area contributed by atoms with Crippen molar-refractivity contribution in [2.45, 2.75) is 45.8 Å². The van der Waals surface area contributed by atoms with Gasteiger partial charge in [0.2, 0.25) is 5.88 Å². The molecule has 0 unspecified atom stereocenters. The molecular formula is C21H28FN3O2. The lowest BCUT2D eigenvalue weighted by Crippen LogP contribution is -2.35. The summed E-state index contributed by atoms with van der Waals surface area (Å²) in [5.41, 5.74) is 0.716. The van der Waals surface area contributed by atoms with Crippen LogP contribution in [0, 0.1) is 11.7 Å². The Bertz CT molecular complexity index is 740. The predicted octanol–water partition coefficient (Wildman–Crippen LogP) is 4.08. The van der Waals surface area contributed by atoms with Crippen LogP contribution in [0.5, 0.6) is 11.6 Å². The summed E-state index contributed by atoms with van der Waals surface area (Å²) < 4.78 is 25.3. The lowest BCUT2D eigenvalue weighted by atomic mass is 9.97. The molecule has 2 aromatic rings. The number of ether oxygens (including phenoxy) is 2. The Labute approximate surface area is 160 Å². The maximum absolute atomic E-state index is 13.6. The first-order chi connectivity index (χ1) is 12.9. The van der Waals surface area contributed by atoms with Gasteiger partial charge < -0.3 is 9.47 Å². The number of para-hydroxylation sites is 1. The normalized spacial score (nSPS) is 16.3. The average molecular weight is 373 g/mol. The standard InChI is InChI=1S/C21H28FN3O2/c1-21(2,3)27-20-17(12-23-15-24-20)13-25-10-8-16(9-11-25)14-26-19-7-5-4-6-18(19)22/h4-7,12,15-16H,8-11,13-14H2,1-3H3. The van der Waals surface area contributed by atoms with Crippen LogP contribution in [-0.2, 0) is 6.54 Å². The highest BCUT2D eigenvalue weighted by Gasteiger charge is 2.22. The Morgan fingerprint density at radius 2 is 1.93 bits per heavy atom. The highest BCUT2D eigenvalue weighted by atomic mass is 19.1. The number of likely N-dealkylation sites (tertiary alicyclic amines) is 1. The summed E-state index contributed by atoms with van der Waals surface area (Å²) in [6.07, 6.45) is 5.41. The van der Waals surface area contributed by atoms with Crippen molar-refractivity contribution < 1.29 is 13.9 Å². The van der Waals surface area contributed by atoms with E-state index in [1.165, 1.54) is 12.4 Å². The molecule has 0 atom stereocenters. The van der Waals surface area contributed by atoms with E-state index in [9.17, 15) is 4.39 Å². The largest absolute Gasteiger partial charge is 0.490 e. The third kappa shape index (κ3) is 5.89. The minimum atomic E-state index is -0.301. The third-order valence-electron chi connectivity index (χ3n) is 4.56. The van der Waals surface area contributed by atoms with Crippen LogP contribution in [0.4, 0.5) is 4.39 Å². The highest BCUT2D eigenvalue weighted by Crippen LogP contribution is 2.25. The molecule has 0 bridgehead atoms. The zero-order valence-corrected chi connectivity index (χ0v) is 16.3. The molecule has 6 heteroatoms. The molecule has 1 aromatic carbocycles. The van der Waals surface area contributed by atoms with Gasteiger partial charge in [0.05, 0.1) is 6.61 Å². The van der Waals surface area contributed by atoms with Gasteiger partial charge in [0.1, 0.15) is 11.9 Å². The second kappa shape index (κ2) is 8.65. The predicted molar refractivity (Wildman–Crippen MR) is 102 cm³/mol. The van der Waals surface area contributed by atoms with Crippen molar-refractivity contribution in [1.82, 2.24) is 14.9 Å². The van der Waals surface area contributed by atoms with Gasteiger partial charge in [-0.2, -0.15) is 0 Å². The highest BCUT2D eigenvalue weighted by molar-refractivity contribution is 5.24. The van der Waals surface area contributed by atoms with Gasteiger partial charge in [-0.1, -0.05) is 12.1 Å². The van der Waals surface area contributed by atoms with E-state index in [0.717, 1.165) is 38.0 Å². The van der Waals surface area contributed by atoms with Gasteiger partial charge in [-0.3, -0.25) is 4.90 Å². The maximum atomic E-state index is 13.6. The van der Waals surface area contributed by atoms with Crippen LogP contribution in [0.3, 0.4) is 0 Å². The summed E-state index contributed by atoms with van der Waals surface area (Å²) in [5.74, 6) is 1.14. The molecule has 0 radical (unpaired) electrons. The fourth-order valence-corrected chi connectivity index (χ4v) is 3.16. The van der Waals surface area contributed by atoms with Crippen molar-refractivity contribution >= 4 is 0 Å². The van der Waals surface area contributed by atoms with Gasteiger partial charge in [0.15, 0.2) is 11.6 Å². The summed E-state index contributed by atoms with van der Waals surface area (Å²) in [6, 6.07) is 6.57. The average Bonchev–Trinajstić information content (AvgIpc) is 2.63. The van der Waals surface area contributed by atoms with Crippen LogP contribution < -0.4 is 9.47 Å².